The standard InChI is InChI=1S/C61H57BN2O/c1-58(2,3)42-33-43(59(4,5)6)35-47(34-42)64-51-32-22-31-49-55(51)62-56-50(61(49,40-23-14-10-15-24-40)41-25-16-11-17-26-41)36-44(60(7,8)9)37-53(56)65-54-39-48(38-52(64)57(54)62)63(45-27-18-12-19-28-45)46-29-20-13-21-30-46/h10-39H,1-9H3. The van der Waals surface area contributed by atoms with Crippen molar-refractivity contribution in [1.29, 1.82) is 0 Å². The molecule has 0 bridgehead atoms. The van der Waals surface area contributed by atoms with Crippen molar-refractivity contribution < 1.29 is 4.74 Å². The van der Waals surface area contributed by atoms with Crippen molar-refractivity contribution in [2.24, 2.45) is 0 Å². The second kappa shape index (κ2) is 14.6. The number of ether oxygens (including phenoxy) is 1. The Bertz CT molecular complexity index is 3010. The summed E-state index contributed by atoms with van der Waals surface area (Å²) in [6.45, 7) is 20.9. The van der Waals surface area contributed by atoms with E-state index < -0.39 is 5.41 Å². The van der Waals surface area contributed by atoms with Crippen LogP contribution in [0.2, 0.25) is 0 Å². The molecule has 0 aliphatic carbocycles. The fourth-order valence-electron chi connectivity index (χ4n) is 10.9. The highest BCUT2D eigenvalue weighted by Gasteiger charge is 2.55. The summed E-state index contributed by atoms with van der Waals surface area (Å²) < 4.78 is 7.60. The van der Waals surface area contributed by atoms with Gasteiger partial charge in [-0.1, -0.05) is 184 Å². The Morgan fingerprint density at radius 2 is 0.908 bits per heavy atom. The lowest BCUT2D eigenvalue weighted by Gasteiger charge is -2.51. The van der Waals surface area contributed by atoms with Crippen molar-refractivity contribution in [3.63, 3.8) is 0 Å². The Balaban J connectivity index is 1.31. The second-order valence-corrected chi connectivity index (χ2v) is 21.4. The predicted molar refractivity (Wildman–Crippen MR) is 275 cm³/mol. The van der Waals surface area contributed by atoms with Crippen LogP contribution >= 0.6 is 0 Å². The monoisotopic (exact) mass is 844 g/mol. The van der Waals surface area contributed by atoms with Gasteiger partial charge in [-0.15, -0.1) is 0 Å². The SMILES string of the molecule is CC(C)(C)c1cc(N2c3cc(N(c4ccccc4)c4ccccc4)cc4c3B3c5c(cc(C(C)(C)C)cc5C(c5ccccc5)(c5ccccc5)c5cccc2c53)O4)cc(C(C)(C)C)c1. The molecule has 8 aromatic carbocycles. The van der Waals surface area contributed by atoms with E-state index in [1.165, 1.54) is 61.0 Å². The van der Waals surface area contributed by atoms with Gasteiger partial charge in [0.25, 0.3) is 6.71 Å². The van der Waals surface area contributed by atoms with Gasteiger partial charge in [-0.3, -0.25) is 0 Å². The van der Waals surface area contributed by atoms with Crippen molar-refractivity contribution in [1.82, 2.24) is 0 Å². The Hall–Kier alpha value is -6.78. The fourth-order valence-corrected chi connectivity index (χ4v) is 10.9. The van der Waals surface area contributed by atoms with Crippen molar-refractivity contribution in [2.45, 2.75) is 84.0 Å². The molecular weight excluding hydrogens is 787 g/mol. The van der Waals surface area contributed by atoms with E-state index in [-0.39, 0.29) is 23.0 Å². The fraction of sp³-hybridized carbons (Fsp3) is 0.213. The highest BCUT2D eigenvalue weighted by Crippen LogP contribution is 2.54. The Kier molecular flexibility index (Phi) is 9.22. The van der Waals surface area contributed by atoms with Gasteiger partial charge in [0, 0.05) is 34.5 Å². The van der Waals surface area contributed by atoms with Gasteiger partial charge < -0.3 is 14.5 Å². The molecule has 0 radical (unpaired) electrons. The molecule has 0 spiro atoms. The molecule has 0 fully saturated rings. The predicted octanol–water partition coefficient (Wildman–Crippen LogP) is 14.2. The average molecular weight is 845 g/mol. The quantitative estimate of drug-likeness (QED) is 0.155. The Labute approximate surface area is 386 Å². The zero-order valence-electron chi connectivity index (χ0n) is 39.2. The number of hydrogen-bond acceptors (Lipinski definition) is 3. The lowest BCUT2D eigenvalue weighted by Crippen LogP contribution is -2.67. The van der Waals surface area contributed by atoms with Crippen LogP contribution in [0, 0.1) is 0 Å². The van der Waals surface area contributed by atoms with E-state index in [4.69, 9.17) is 4.74 Å². The number of rotatable bonds is 6. The van der Waals surface area contributed by atoms with Gasteiger partial charge in [0.2, 0.25) is 0 Å². The summed E-state index contributed by atoms with van der Waals surface area (Å²) in [7, 11) is 0. The van der Waals surface area contributed by atoms with Crippen LogP contribution in [0.5, 0.6) is 11.5 Å². The first kappa shape index (κ1) is 41.0. The topological polar surface area (TPSA) is 15.7 Å². The third kappa shape index (κ3) is 6.39. The molecule has 3 nitrogen and oxygen atoms in total. The Morgan fingerprint density at radius 3 is 1.43 bits per heavy atom. The van der Waals surface area contributed by atoms with Crippen LogP contribution in [0.4, 0.5) is 34.1 Å². The molecule has 0 saturated heterocycles. The number of nitrogens with zero attached hydrogens (tertiary/aromatic N) is 2. The summed E-state index contributed by atoms with van der Waals surface area (Å²) in [5.41, 5.74) is 18.5. The van der Waals surface area contributed by atoms with E-state index >= 15 is 0 Å². The van der Waals surface area contributed by atoms with Crippen LogP contribution in [0.3, 0.4) is 0 Å². The number of benzene rings is 8. The summed E-state index contributed by atoms with van der Waals surface area (Å²) >= 11 is 0. The molecule has 0 aromatic heterocycles. The molecule has 8 aromatic rings. The lowest BCUT2D eigenvalue weighted by molar-refractivity contribution is 0.481. The van der Waals surface area contributed by atoms with Crippen molar-refractivity contribution in [2.75, 3.05) is 9.80 Å². The first-order chi connectivity index (χ1) is 31.1. The maximum atomic E-state index is 7.60. The molecule has 3 heterocycles. The van der Waals surface area contributed by atoms with Crippen LogP contribution in [0.25, 0.3) is 0 Å². The molecule has 0 saturated carbocycles. The van der Waals surface area contributed by atoms with Crippen molar-refractivity contribution >= 4 is 57.2 Å². The van der Waals surface area contributed by atoms with Gasteiger partial charge in [-0.05, 0) is 126 Å². The second-order valence-electron chi connectivity index (χ2n) is 21.4. The molecule has 4 heteroatoms. The van der Waals surface area contributed by atoms with E-state index in [0.29, 0.717) is 0 Å². The molecule has 0 N–H and O–H groups in total. The van der Waals surface area contributed by atoms with Crippen LogP contribution in [0.15, 0.2) is 182 Å². The molecule has 65 heavy (non-hydrogen) atoms. The van der Waals surface area contributed by atoms with Gasteiger partial charge in [-0.25, -0.2) is 0 Å². The molecule has 0 amide bonds. The molecule has 11 rings (SSSR count). The van der Waals surface area contributed by atoms with E-state index in [0.717, 1.165) is 39.9 Å². The van der Waals surface area contributed by atoms with Crippen LogP contribution < -0.4 is 30.9 Å². The Morgan fingerprint density at radius 1 is 0.415 bits per heavy atom. The minimum Gasteiger partial charge on any atom is -0.458 e. The van der Waals surface area contributed by atoms with E-state index in [1.54, 1.807) is 0 Å². The van der Waals surface area contributed by atoms with Gasteiger partial charge >= 0.3 is 0 Å². The molecule has 0 atom stereocenters. The zero-order chi connectivity index (χ0) is 45.0. The van der Waals surface area contributed by atoms with Gasteiger partial charge in [0.05, 0.1) is 11.1 Å². The maximum Gasteiger partial charge on any atom is 0.257 e. The number of hydrogen-bond donors (Lipinski definition) is 0. The van der Waals surface area contributed by atoms with Crippen LogP contribution in [0.1, 0.15) is 101 Å². The summed E-state index contributed by atoms with van der Waals surface area (Å²) in [4.78, 5) is 4.96. The summed E-state index contributed by atoms with van der Waals surface area (Å²) in [5, 5.41) is 0. The zero-order valence-corrected chi connectivity index (χ0v) is 39.2. The average Bonchev–Trinajstić information content (AvgIpc) is 3.29. The summed E-state index contributed by atoms with van der Waals surface area (Å²) in [5.74, 6) is 1.83. The maximum absolute atomic E-state index is 7.60. The smallest absolute Gasteiger partial charge is 0.257 e. The van der Waals surface area contributed by atoms with Gasteiger partial charge in [0.1, 0.15) is 11.5 Å². The first-order valence-corrected chi connectivity index (χ1v) is 23.3. The first-order valence-electron chi connectivity index (χ1n) is 23.3. The lowest BCUT2D eigenvalue weighted by atomic mass is 9.28. The number of para-hydroxylation sites is 2. The highest BCUT2D eigenvalue weighted by molar-refractivity contribution is 7.00. The molecule has 3 aliphatic heterocycles. The van der Waals surface area contributed by atoms with E-state index in [2.05, 4.69) is 254 Å². The normalized spacial score (nSPS) is 14.4. The largest absolute Gasteiger partial charge is 0.458 e. The minimum atomic E-state index is -0.638. The third-order valence-electron chi connectivity index (χ3n) is 14.2. The summed E-state index contributed by atoms with van der Waals surface area (Å²) in [6.07, 6.45) is 0. The van der Waals surface area contributed by atoms with E-state index in [1.807, 2.05) is 0 Å². The highest BCUT2D eigenvalue weighted by atomic mass is 16.5. The molecule has 3 aliphatic rings. The van der Waals surface area contributed by atoms with Gasteiger partial charge in [0.15, 0.2) is 0 Å². The molecule has 320 valence electrons. The van der Waals surface area contributed by atoms with Crippen molar-refractivity contribution in [3.8, 4) is 11.5 Å². The van der Waals surface area contributed by atoms with E-state index in [9.17, 15) is 0 Å². The van der Waals surface area contributed by atoms with Crippen molar-refractivity contribution in [3.05, 3.63) is 221 Å². The minimum absolute atomic E-state index is 0.0698. The molecular formula is C61H57BN2O. The van der Waals surface area contributed by atoms with Crippen LogP contribution in [-0.2, 0) is 21.7 Å². The third-order valence-corrected chi connectivity index (χ3v) is 14.2. The van der Waals surface area contributed by atoms with Gasteiger partial charge in [-0.2, -0.15) is 0 Å². The number of anilines is 6. The van der Waals surface area contributed by atoms with Crippen LogP contribution in [-0.4, -0.2) is 6.71 Å². The summed E-state index contributed by atoms with van der Waals surface area (Å²) in [6, 6.07) is 68.0. The molecule has 0 unspecified atom stereocenters.